The molecule has 0 fully saturated rings. The van der Waals surface area contributed by atoms with E-state index < -0.39 is 5.97 Å². The molecule has 0 radical (unpaired) electrons. The van der Waals surface area contributed by atoms with E-state index in [-0.39, 0.29) is 11.6 Å². The fraction of sp³-hybridized carbons (Fsp3) is 0.133. The number of carboxylic acids is 1. The highest BCUT2D eigenvalue weighted by Crippen LogP contribution is 2.17. The van der Waals surface area contributed by atoms with E-state index in [0.29, 0.717) is 11.4 Å². The maximum atomic E-state index is 11.9. The molecule has 6 nitrogen and oxygen atoms in total. The summed E-state index contributed by atoms with van der Waals surface area (Å²) in [4.78, 5) is 22.4. The van der Waals surface area contributed by atoms with Crippen LogP contribution in [0.3, 0.4) is 0 Å². The van der Waals surface area contributed by atoms with E-state index >= 15 is 0 Å². The Bertz CT molecular complexity index is 716. The Morgan fingerprint density at radius 1 is 1.29 bits per heavy atom. The standard InChI is InChI=1S/C15H14N2O4/c1-9-7-12(5-3-11(9)4-6-14(18)19)16-15(20)13-8-10(2)21-17-13/h3-8H,1-2H3,(H,16,20)(H,18,19). The molecule has 1 amide bonds. The molecule has 0 saturated carbocycles. The van der Waals surface area contributed by atoms with E-state index in [9.17, 15) is 9.59 Å². The van der Waals surface area contributed by atoms with E-state index in [0.717, 1.165) is 17.2 Å². The number of aromatic nitrogens is 1. The SMILES string of the molecule is Cc1cc(C(=O)Nc2ccc(C=CC(=O)O)c(C)c2)no1. The lowest BCUT2D eigenvalue weighted by molar-refractivity contribution is -0.131. The summed E-state index contributed by atoms with van der Waals surface area (Å²) in [7, 11) is 0. The van der Waals surface area contributed by atoms with E-state index in [4.69, 9.17) is 9.63 Å². The van der Waals surface area contributed by atoms with Gasteiger partial charge in [0.15, 0.2) is 5.69 Å². The smallest absolute Gasteiger partial charge is 0.328 e. The first-order valence-electron chi connectivity index (χ1n) is 6.22. The molecule has 108 valence electrons. The topological polar surface area (TPSA) is 92.4 Å². The average Bonchev–Trinajstić information content (AvgIpc) is 2.84. The van der Waals surface area contributed by atoms with Gasteiger partial charge >= 0.3 is 5.97 Å². The summed E-state index contributed by atoms with van der Waals surface area (Å²) in [5, 5.41) is 14.9. The van der Waals surface area contributed by atoms with E-state index in [1.807, 2.05) is 6.92 Å². The second-order valence-electron chi connectivity index (χ2n) is 4.52. The van der Waals surface area contributed by atoms with Gasteiger partial charge in [-0.3, -0.25) is 4.79 Å². The number of nitrogens with one attached hydrogen (secondary N) is 1. The number of amides is 1. The van der Waals surface area contributed by atoms with Gasteiger partial charge in [0.2, 0.25) is 0 Å². The largest absolute Gasteiger partial charge is 0.478 e. The molecule has 2 aromatic rings. The van der Waals surface area contributed by atoms with Crippen molar-refractivity contribution in [3.63, 3.8) is 0 Å². The van der Waals surface area contributed by atoms with Gasteiger partial charge in [0.05, 0.1) is 0 Å². The quantitative estimate of drug-likeness (QED) is 0.843. The molecule has 21 heavy (non-hydrogen) atoms. The van der Waals surface area contributed by atoms with Gasteiger partial charge in [0.25, 0.3) is 5.91 Å². The zero-order valence-corrected chi connectivity index (χ0v) is 11.6. The van der Waals surface area contributed by atoms with E-state index in [1.165, 1.54) is 6.08 Å². The van der Waals surface area contributed by atoms with Crippen molar-refractivity contribution in [2.45, 2.75) is 13.8 Å². The fourth-order valence-corrected chi connectivity index (χ4v) is 1.77. The summed E-state index contributed by atoms with van der Waals surface area (Å²) in [6, 6.07) is 6.73. The van der Waals surface area contributed by atoms with Crippen LogP contribution < -0.4 is 5.32 Å². The molecular weight excluding hydrogens is 272 g/mol. The van der Waals surface area contributed by atoms with Gasteiger partial charge in [-0.05, 0) is 43.2 Å². The van der Waals surface area contributed by atoms with E-state index in [1.54, 1.807) is 31.2 Å². The fourth-order valence-electron chi connectivity index (χ4n) is 1.77. The molecule has 0 aliphatic carbocycles. The maximum Gasteiger partial charge on any atom is 0.328 e. The number of carboxylic acid groups (broad SMARTS) is 1. The van der Waals surface area contributed by atoms with Crippen LogP contribution in [0.25, 0.3) is 6.08 Å². The second kappa shape index (κ2) is 6.04. The van der Waals surface area contributed by atoms with Gasteiger partial charge < -0.3 is 14.9 Å². The highest BCUT2D eigenvalue weighted by atomic mass is 16.5. The molecule has 1 aromatic heterocycles. The zero-order chi connectivity index (χ0) is 15.4. The van der Waals surface area contributed by atoms with Crippen molar-refractivity contribution in [3.8, 4) is 0 Å². The third-order valence-electron chi connectivity index (χ3n) is 2.79. The summed E-state index contributed by atoms with van der Waals surface area (Å²) in [5.74, 6) is -0.807. The van der Waals surface area contributed by atoms with Gasteiger partial charge in [-0.2, -0.15) is 0 Å². The van der Waals surface area contributed by atoms with Crippen molar-refractivity contribution in [2.75, 3.05) is 5.32 Å². The highest BCUT2D eigenvalue weighted by Gasteiger charge is 2.11. The highest BCUT2D eigenvalue weighted by molar-refractivity contribution is 6.02. The number of anilines is 1. The van der Waals surface area contributed by atoms with Crippen LogP contribution in [0.15, 0.2) is 34.9 Å². The van der Waals surface area contributed by atoms with Crippen LogP contribution in [0.5, 0.6) is 0 Å². The molecule has 1 aromatic carbocycles. The van der Waals surface area contributed by atoms with Crippen LogP contribution in [0.2, 0.25) is 0 Å². The molecule has 0 atom stereocenters. The number of hydrogen-bond donors (Lipinski definition) is 2. The Balaban J connectivity index is 2.13. The molecule has 2 rings (SSSR count). The Morgan fingerprint density at radius 3 is 2.62 bits per heavy atom. The molecule has 6 heteroatoms. The molecule has 0 spiro atoms. The van der Waals surface area contributed by atoms with Crippen LogP contribution >= 0.6 is 0 Å². The second-order valence-corrected chi connectivity index (χ2v) is 4.52. The first-order chi connectivity index (χ1) is 9.95. The Labute approximate surface area is 121 Å². The van der Waals surface area contributed by atoms with E-state index in [2.05, 4.69) is 10.5 Å². The predicted molar refractivity (Wildman–Crippen MR) is 77.0 cm³/mol. The predicted octanol–water partition coefficient (Wildman–Crippen LogP) is 2.64. The van der Waals surface area contributed by atoms with Crippen LogP contribution in [0.4, 0.5) is 5.69 Å². The van der Waals surface area contributed by atoms with Crippen molar-refractivity contribution in [1.29, 1.82) is 0 Å². The number of hydrogen-bond acceptors (Lipinski definition) is 4. The lowest BCUT2D eigenvalue weighted by Crippen LogP contribution is -2.12. The average molecular weight is 286 g/mol. The van der Waals surface area contributed by atoms with Crippen molar-refractivity contribution >= 4 is 23.6 Å². The molecular formula is C15H14N2O4. The number of carbonyl (C=O) groups is 2. The number of aliphatic carboxylic acids is 1. The summed E-state index contributed by atoms with van der Waals surface area (Å²) in [6.45, 7) is 3.54. The van der Waals surface area contributed by atoms with Crippen LogP contribution in [0.1, 0.15) is 27.4 Å². The van der Waals surface area contributed by atoms with Gasteiger partial charge in [0.1, 0.15) is 5.76 Å². The van der Waals surface area contributed by atoms with Crippen molar-refractivity contribution in [2.24, 2.45) is 0 Å². The van der Waals surface area contributed by atoms with Crippen molar-refractivity contribution in [1.82, 2.24) is 5.16 Å². The minimum Gasteiger partial charge on any atom is -0.478 e. The molecule has 0 unspecified atom stereocenters. The minimum atomic E-state index is -1.01. The third kappa shape index (κ3) is 3.79. The Hall–Kier alpha value is -2.89. The van der Waals surface area contributed by atoms with Crippen molar-refractivity contribution in [3.05, 3.63) is 52.9 Å². The lowest BCUT2D eigenvalue weighted by atomic mass is 10.1. The normalized spacial score (nSPS) is 10.8. The molecule has 0 bridgehead atoms. The number of carbonyl (C=O) groups excluding carboxylic acids is 1. The maximum absolute atomic E-state index is 11.9. The van der Waals surface area contributed by atoms with Gasteiger partial charge in [-0.15, -0.1) is 0 Å². The summed E-state index contributed by atoms with van der Waals surface area (Å²) < 4.78 is 4.84. The van der Waals surface area contributed by atoms with Crippen molar-refractivity contribution < 1.29 is 19.2 Å². The first kappa shape index (κ1) is 14.5. The molecule has 0 aliphatic heterocycles. The Kier molecular flexibility index (Phi) is 4.18. The van der Waals surface area contributed by atoms with Gasteiger partial charge in [-0.1, -0.05) is 11.2 Å². The molecule has 0 aliphatic rings. The molecule has 0 saturated heterocycles. The minimum absolute atomic E-state index is 0.208. The number of benzene rings is 1. The number of aryl methyl sites for hydroxylation is 2. The summed E-state index contributed by atoms with van der Waals surface area (Å²) in [5.41, 5.74) is 2.43. The first-order valence-corrected chi connectivity index (χ1v) is 6.22. The Morgan fingerprint density at radius 2 is 2.05 bits per heavy atom. The molecule has 1 heterocycles. The van der Waals surface area contributed by atoms with Crippen LogP contribution in [-0.2, 0) is 4.79 Å². The van der Waals surface area contributed by atoms with Gasteiger partial charge in [-0.25, -0.2) is 4.79 Å². The monoisotopic (exact) mass is 286 g/mol. The van der Waals surface area contributed by atoms with Crippen LogP contribution in [0, 0.1) is 13.8 Å². The third-order valence-corrected chi connectivity index (χ3v) is 2.79. The zero-order valence-electron chi connectivity index (χ0n) is 11.6. The van der Waals surface area contributed by atoms with Gasteiger partial charge in [0, 0.05) is 17.8 Å². The number of nitrogens with zero attached hydrogens (tertiary/aromatic N) is 1. The summed E-state index contributed by atoms with van der Waals surface area (Å²) >= 11 is 0. The summed E-state index contributed by atoms with van der Waals surface area (Å²) in [6.07, 6.45) is 2.57. The van der Waals surface area contributed by atoms with Crippen LogP contribution in [-0.4, -0.2) is 22.1 Å². The molecule has 2 N–H and O–H groups in total. The number of rotatable bonds is 4. The lowest BCUT2D eigenvalue weighted by Gasteiger charge is -2.06.